The van der Waals surface area contributed by atoms with E-state index in [0.717, 1.165) is 17.9 Å². The summed E-state index contributed by atoms with van der Waals surface area (Å²) in [6.45, 7) is 3.81. The Labute approximate surface area is 175 Å². The summed E-state index contributed by atoms with van der Waals surface area (Å²) in [6.07, 6.45) is 0.514. The van der Waals surface area contributed by atoms with Gasteiger partial charge in [-0.1, -0.05) is 18.2 Å². The van der Waals surface area contributed by atoms with Gasteiger partial charge < -0.3 is 18.9 Å². The first-order valence-electron chi connectivity index (χ1n) is 10.1. The molecule has 0 radical (unpaired) electrons. The summed E-state index contributed by atoms with van der Waals surface area (Å²) in [4.78, 5) is 19.2. The van der Waals surface area contributed by atoms with Crippen LogP contribution in [0.15, 0.2) is 53.3 Å². The van der Waals surface area contributed by atoms with Crippen LogP contribution in [0.4, 0.5) is 5.69 Å². The van der Waals surface area contributed by atoms with Crippen molar-refractivity contribution in [3.63, 3.8) is 0 Å². The number of piperidine rings is 1. The number of nitriles is 1. The molecule has 1 saturated heterocycles. The zero-order valence-corrected chi connectivity index (χ0v) is 17.1. The van der Waals surface area contributed by atoms with Crippen molar-refractivity contribution in [2.75, 3.05) is 24.6 Å². The predicted molar refractivity (Wildman–Crippen MR) is 115 cm³/mol. The summed E-state index contributed by atoms with van der Waals surface area (Å²) in [5.41, 5.74) is 2.29. The van der Waals surface area contributed by atoms with Crippen molar-refractivity contribution in [2.24, 2.45) is 7.05 Å². The average molecular weight is 404 g/mol. The number of hydrogen-bond acceptors (Lipinski definition) is 6. The fourth-order valence-electron chi connectivity index (χ4n) is 3.91. The molecule has 1 fully saturated rings. The number of ether oxygens (including phenoxy) is 2. The van der Waals surface area contributed by atoms with Crippen LogP contribution in [0.5, 0.6) is 5.75 Å². The van der Waals surface area contributed by atoms with Gasteiger partial charge in [0.25, 0.3) is 5.56 Å². The zero-order chi connectivity index (χ0) is 21.1. The molecule has 2 aromatic heterocycles. The highest BCUT2D eigenvalue weighted by Crippen LogP contribution is 2.29. The van der Waals surface area contributed by atoms with Crippen LogP contribution >= 0.6 is 0 Å². The third-order valence-electron chi connectivity index (χ3n) is 5.43. The molecule has 30 heavy (non-hydrogen) atoms. The fraction of sp³-hybridized carbons (Fsp3) is 0.348. The van der Waals surface area contributed by atoms with Gasteiger partial charge in [0.05, 0.1) is 11.2 Å². The number of aryl methyl sites for hydroxylation is 1. The van der Waals surface area contributed by atoms with E-state index in [1.807, 2.05) is 37.3 Å². The predicted octanol–water partition coefficient (Wildman–Crippen LogP) is 2.87. The van der Waals surface area contributed by atoms with Gasteiger partial charge in [-0.2, -0.15) is 5.26 Å². The van der Waals surface area contributed by atoms with Crippen molar-refractivity contribution in [1.29, 1.82) is 5.26 Å². The van der Waals surface area contributed by atoms with Crippen LogP contribution in [0.1, 0.15) is 19.0 Å². The van der Waals surface area contributed by atoms with Crippen LogP contribution in [0.25, 0.3) is 11.0 Å². The van der Waals surface area contributed by atoms with Crippen LogP contribution in [0.2, 0.25) is 0 Å². The number of rotatable bonds is 5. The molecular formula is C23H24N4O3. The first-order valence-corrected chi connectivity index (χ1v) is 10.1. The highest BCUT2D eigenvalue weighted by atomic mass is 16.5. The molecule has 1 aromatic carbocycles. The monoisotopic (exact) mass is 404 g/mol. The number of hydrogen-bond donors (Lipinski definition) is 0. The molecule has 0 amide bonds. The van der Waals surface area contributed by atoms with Crippen LogP contribution in [-0.2, 0) is 11.8 Å². The molecule has 0 bridgehead atoms. The standard InChI is InChI=1S/C23H24N4O3/c1-3-29-21-15-27(12-11-20(21)30-17-7-5-4-6-8-17)19-13-22(28)26(2)18-10-9-16(14-24)25-23(18)19/h4-10,13,20-21H,3,11-12,15H2,1-2H3/t20-,21-/m1/s1. The molecule has 154 valence electrons. The second-order valence-electron chi connectivity index (χ2n) is 7.30. The van der Waals surface area contributed by atoms with E-state index in [0.29, 0.717) is 36.4 Å². The lowest BCUT2D eigenvalue weighted by molar-refractivity contribution is -0.0279. The van der Waals surface area contributed by atoms with Crippen LogP contribution in [0, 0.1) is 11.3 Å². The minimum atomic E-state index is -0.151. The Bertz CT molecular complexity index is 1140. The van der Waals surface area contributed by atoms with E-state index >= 15 is 0 Å². The number of para-hydroxylation sites is 1. The molecule has 0 N–H and O–H groups in total. The molecule has 0 unspecified atom stereocenters. The smallest absolute Gasteiger partial charge is 0.252 e. The van der Waals surface area contributed by atoms with Gasteiger partial charge in [0.1, 0.15) is 35.2 Å². The molecule has 7 nitrogen and oxygen atoms in total. The normalized spacial score (nSPS) is 18.9. The van der Waals surface area contributed by atoms with Gasteiger partial charge in [-0.3, -0.25) is 4.79 Å². The highest BCUT2D eigenvalue weighted by Gasteiger charge is 2.32. The van der Waals surface area contributed by atoms with E-state index in [9.17, 15) is 10.1 Å². The van der Waals surface area contributed by atoms with Crippen molar-refractivity contribution >= 4 is 16.7 Å². The minimum Gasteiger partial charge on any atom is -0.488 e. The average Bonchev–Trinajstić information content (AvgIpc) is 2.78. The Hall–Kier alpha value is -3.37. The Kier molecular flexibility index (Phi) is 5.68. The second-order valence-corrected chi connectivity index (χ2v) is 7.30. The molecule has 0 aliphatic carbocycles. The number of nitrogens with zero attached hydrogens (tertiary/aromatic N) is 4. The minimum absolute atomic E-state index is 0.0796. The summed E-state index contributed by atoms with van der Waals surface area (Å²) in [6, 6.07) is 16.8. The largest absolute Gasteiger partial charge is 0.488 e. The van der Waals surface area contributed by atoms with Crippen molar-refractivity contribution in [3.05, 3.63) is 64.6 Å². The number of aromatic nitrogens is 2. The first kappa shape index (κ1) is 19.9. The number of pyridine rings is 2. The number of benzene rings is 1. The van der Waals surface area contributed by atoms with Crippen LogP contribution in [0.3, 0.4) is 0 Å². The molecule has 2 atom stereocenters. The Morgan fingerprint density at radius 3 is 2.73 bits per heavy atom. The van der Waals surface area contributed by atoms with E-state index in [1.165, 1.54) is 0 Å². The highest BCUT2D eigenvalue weighted by molar-refractivity contribution is 5.88. The number of anilines is 1. The summed E-state index contributed by atoms with van der Waals surface area (Å²) < 4.78 is 13.8. The maximum Gasteiger partial charge on any atom is 0.252 e. The molecule has 0 saturated carbocycles. The summed E-state index contributed by atoms with van der Waals surface area (Å²) in [7, 11) is 1.71. The lowest BCUT2D eigenvalue weighted by Gasteiger charge is -2.39. The third-order valence-corrected chi connectivity index (χ3v) is 5.43. The quantitative estimate of drug-likeness (QED) is 0.651. The molecule has 7 heteroatoms. The van der Waals surface area contributed by atoms with Crippen molar-refractivity contribution in [2.45, 2.75) is 25.6 Å². The van der Waals surface area contributed by atoms with Gasteiger partial charge in [-0.25, -0.2) is 4.98 Å². The van der Waals surface area contributed by atoms with Gasteiger partial charge in [0.15, 0.2) is 0 Å². The van der Waals surface area contributed by atoms with Crippen LogP contribution in [-0.4, -0.2) is 41.5 Å². The molecule has 1 aliphatic heterocycles. The van der Waals surface area contributed by atoms with Gasteiger partial charge >= 0.3 is 0 Å². The molecular weight excluding hydrogens is 380 g/mol. The topological polar surface area (TPSA) is 80.4 Å². The molecule has 4 rings (SSSR count). The Morgan fingerprint density at radius 2 is 2.00 bits per heavy atom. The molecule has 3 aromatic rings. The zero-order valence-electron chi connectivity index (χ0n) is 17.1. The van der Waals surface area contributed by atoms with E-state index in [-0.39, 0.29) is 17.8 Å². The van der Waals surface area contributed by atoms with E-state index < -0.39 is 0 Å². The van der Waals surface area contributed by atoms with E-state index in [4.69, 9.17) is 9.47 Å². The Morgan fingerprint density at radius 1 is 1.20 bits per heavy atom. The number of fused-ring (bicyclic) bond motifs is 1. The summed E-state index contributed by atoms with van der Waals surface area (Å²) in [5, 5.41) is 9.28. The maximum absolute atomic E-state index is 12.6. The van der Waals surface area contributed by atoms with Crippen molar-refractivity contribution in [3.8, 4) is 11.8 Å². The van der Waals surface area contributed by atoms with Crippen LogP contribution < -0.4 is 15.2 Å². The summed E-state index contributed by atoms with van der Waals surface area (Å²) in [5.74, 6) is 0.819. The van der Waals surface area contributed by atoms with E-state index in [1.54, 1.807) is 29.8 Å². The lowest BCUT2D eigenvalue weighted by Crippen LogP contribution is -2.50. The first-order chi connectivity index (χ1) is 14.6. The van der Waals surface area contributed by atoms with Crippen molar-refractivity contribution in [1.82, 2.24) is 9.55 Å². The SMILES string of the molecule is CCO[C@@H]1CN(c2cc(=O)n(C)c3ccc(C#N)nc23)CC[C@H]1Oc1ccccc1. The van der Waals surface area contributed by atoms with E-state index in [2.05, 4.69) is 16.0 Å². The van der Waals surface area contributed by atoms with Gasteiger partial charge in [0, 0.05) is 39.2 Å². The van der Waals surface area contributed by atoms with Gasteiger partial charge in [-0.05, 0) is 31.2 Å². The second kappa shape index (κ2) is 8.56. The molecule has 3 heterocycles. The fourth-order valence-corrected chi connectivity index (χ4v) is 3.91. The third kappa shape index (κ3) is 3.87. The molecule has 0 spiro atoms. The maximum atomic E-state index is 12.6. The van der Waals surface area contributed by atoms with Gasteiger partial charge in [-0.15, -0.1) is 0 Å². The van der Waals surface area contributed by atoms with Gasteiger partial charge in [0.2, 0.25) is 0 Å². The summed E-state index contributed by atoms with van der Waals surface area (Å²) >= 11 is 0. The van der Waals surface area contributed by atoms with Crippen molar-refractivity contribution < 1.29 is 9.47 Å². The Balaban J connectivity index is 1.67. The lowest BCUT2D eigenvalue weighted by atomic mass is 10.0. The molecule has 1 aliphatic rings.